The Labute approximate surface area is 95.1 Å². The largest absolute Gasteiger partial charge is 0.380 e. The van der Waals surface area contributed by atoms with Crippen LogP contribution in [-0.4, -0.2) is 22.4 Å². The molecule has 4 nitrogen and oxygen atoms in total. The number of benzene rings is 1. The van der Waals surface area contributed by atoms with Crippen molar-refractivity contribution in [1.82, 2.24) is 9.78 Å². The van der Waals surface area contributed by atoms with Crippen molar-refractivity contribution in [1.29, 1.82) is 0 Å². The van der Waals surface area contributed by atoms with Crippen molar-refractivity contribution in [2.45, 2.75) is 13.0 Å². The summed E-state index contributed by atoms with van der Waals surface area (Å²) in [6.45, 7) is 2.66. The molecule has 1 heterocycles. The molecule has 0 aliphatic heterocycles. The third-order valence-electron chi connectivity index (χ3n) is 2.41. The Bertz CT molecular complexity index is 436. The second-order valence-corrected chi connectivity index (χ2v) is 3.75. The molecule has 2 rings (SSSR count). The van der Waals surface area contributed by atoms with Crippen LogP contribution in [0.25, 0.3) is 5.69 Å². The lowest BCUT2D eigenvalue weighted by atomic mass is 10.2. The van der Waals surface area contributed by atoms with Gasteiger partial charge in [-0.2, -0.15) is 5.10 Å². The summed E-state index contributed by atoms with van der Waals surface area (Å²) in [7, 11) is 0. The van der Waals surface area contributed by atoms with Gasteiger partial charge in [0.2, 0.25) is 0 Å². The normalized spacial score (nSPS) is 12.4. The number of nitrogens with two attached hydrogens (primary N) is 1. The van der Waals surface area contributed by atoms with E-state index in [0.717, 1.165) is 11.4 Å². The zero-order valence-corrected chi connectivity index (χ0v) is 9.30. The van der Waals surface area contributed by atoms with E-state index in [1.807, 2.05) is 41.2 Å². The summed E-state index contributed by atoms with van der Waals surface area (Å²) in [5.41, 5.74) is 7.68. The van der Waals surface area contributed by atoms with Crippen molar-refractivity contribution in [2.24, 2.45) is 5.73 Å². The Morgan fingerprint density at radius 2 is 2.19 bits per heavy atom. The summed E-state index contributed by atoms with van der Waals surface area (Å²) in [6, 6.07) is 10.2. The Morgan fingerprint density at radius 1 is 1.38 bits per heavy atom. The van der Waals surface area contributed by atoms with E-state index in [4.69, 9.17) is 5.73 Å². The summed E-state index contributed by atoms with van der Waals surface area (Å²) in [5, 5.41) is 7.59. The van der Waals surface area contributed by atoms with Crippen LogP contribution in [0.1, 0.15) is 6.92 Å². The van der Waals surface area contributed by atoms with E-state index in [-0.39, 0.29) is 6.04 Å². The second kappa shape index (κ2) is 4.81. The van der Waals surface area contributed by atoms with Crippen molar-refractivity contribution in [2.75, 3.05) is 11.9 Å². The van der Waals surface area contributed by atoms with Gasteiger partial charge in [0.05, 0.1) is 11.4 Å². The minimum atomic E-state index is 0.247. The van der Waals surface area contributed by atoms with E-state index >= 15 is 0 Å². The number of nitrogens with zero attached hydrogens (tertiary/aromatic N) is 2. The Kier molecular flexibility index (Phi) is 3.22. The molecule has 0 aliphatic rings. The van der Waals surface area contributed by atoms with Crippen molar-refractivity contribution < 1.29 is 0 Å². The van der Waals surface area contributed by atoms with E-state index in [1.54, 1.807) is 6.20 Å². The molecule has 1 atom stereocenters. The van der Waals surface area contributed by atoms with E-state index < -0.39 is 0 Å². The number of nitrogens with one attached hydrogen (secondary N) is 1. The zero-order chi connectivity index (χ0) is 11.4. The number of hydrogen-bond donors (Lipinski definition) is 2. The fraction of sp³-hybridized carbons (Fsp3) is 0.250. The number of para-hydroxylation sites is 2. The van der Waals surface area contributed by atoms with Gasteiger partial charge in [0.15, 0.2) is 0 Å². The molecule has 16 heavy (non-hydrogen) atoms. The molecule has 0 saturated carbocycles. The summed E-state index contributed by atoms with van der Waals surface area (Å²) < 4.78 is 1.84. The Balaban J connectivity index is 2.31. The average Bonchev–Trinajstić information content (AvgIpc) is 2.83. The third-order valence-corrected chi connectivity index (χ3v) is 2.41. The maximum absolute atomic E-state index is 5.60. The predicted octanol–water partition coefficient (Wildman–Crippen LogP) is 1.63. The maximum Gasteiger partial charge on any atom is 0.0876 e. The molecule has 84 valence electrons. The quantitative estimate of drug-likeness (QED) is 0.816. The Morgan fingerprint density at radius 3 is 2.88 bits per heavy atom. The lowest BCUT2D eigenvalue weighted by Gasteiger charge is -2.16. The predicted molar refractivity (Wildman–Crippen MR) is 65.7 cm³/mol. The molecular weight excluding hydrogens is 200 g/mol. The fourth-order valence-electron chi connectivity index (χ4n) is 1.53. The van der Waals surface area contributed by atoms with Crippen LogP contribution in [0.4, 0.5) is 5.69 Å². The molecule has 0 saturated heterocycles. The molecule has 0 aliphatic carbocycles. The molecule has 0 spiro atoms. The number of hydrogen-bond acceptors (Lipinski definition) is 3. The molecule has 0 amide bonds. The first-order valence-electron chi connectivity index (χ1n) is 5.37. The van der Waals surface area contributed by atoms with Crippen LogP contribution < -0.4 is 11.1 Å². The van der Waals surface area contributed by atoms with Gasteiger partial charge in [-0.3, -0.25) is 0 Å². The van der Waals surface area contributed by atoms with Crippen molar-refractivity contribution in [3.63, 3.8) is 0 Å². The number of anilines is 1. The molecule has 0 radical (unpaired) electrons. The van der Waals surface area contributed by atoms with Crippen LogP contribution in [-0.2, 0) is 0 Å². The minimum absolute atomic E-state index is 0.247. The van der Waals surface area contributed by atoms with Crippen LogP contribution in [0.2, 0.25) is 0 Å². The van der Waals surface area contributed by atoms with E-state index in [0.29, 0.717) is 6.54 Å². The molecule has 1 aromatic heterocycles. The van der Waals surface area contributed by atoms with Crippen LogP contribution >= 0.6 is 0 Å². The highest BCUT2D eigenvalue weighted by Crippen LogP contribution is 2.19. The summed E-state index contributed by atoms with van der Waals surface area (Å²) in [6.07, 6.45) is 3.69. The van der Waals surface area contributed by atoms with Gasteiger partial charge in [-0.25, -0.2) is 4.68 Å². The van der Waals surface area contributed by atoms with Gasteiger partial charge in [-0.05, 0) is 25.1 Å². The molecule has 2 aromatic rings. The van der Waals surface area contributed by atoms with Crippen LogP contribution in [0.5, 0.6) is 0 Å². The minimum Gasteiger partial charge on any atom is -0.380 e. The fourth-order valence-corrected chi connectivity index (χ4v) is 1.53. The molecular formula is C12H16N4. The molecule has 1 unspecified atom stereocenters. The van der Waals surface area contributed by atoms with Gasteiger partial charge in [0.1, 0.15) is 0 Å². The summed E-state index contributed by atoms with van der Waals surface area (Å²) >= 11 is 0. The van der Waals surface area contributed by atoms with Crippen molar-refractivity contribution in [3.05, 3.63) is 42.7 Å². The highest BCUT2D eigenvalue weighted by Gasteiger charge is 2.05. The molecule has 1 aromatic carbocycles. The number of rotatable bonds is 4. The lowest BCUT2D eigenvalue weighted by Crippen LogP contribution is -2.25. The van der Waals surface area contributed by atoms with Gasteiger partial charge in [-0.1, -0.05) is 12.1 Å². The van der Waals surface area contributed by atoms with E-state index in [2.05, 4.69) is 17.3 Å². The van der Waals surface area contributed by atoms with E-state index in [9.17, 15) is 0 Å². The van der Waals surface area contributed by atoms with Crippen LogP contribution in [0, 0.1) is 0 Å². The van der Waals surface area contributed by atoms with Crippen molar-refractivity contribution >= 4 is 5.69 Å². The average molecular weight is 216 g/mol. The first-order chi connectivity index (χ1) is 7.81. The topological polar surface area (TPSA) is 55.9 Å². The summed E-state index contributed by atoms with van der Waals surface area (Å²) in [5.74, 6) is 0. The van der Waals surface area contributed by atoms with Gasteiger partial charge in [0, 0.05) is 25.0 Å². The molecule has 0 fully saturated rings. The maximum atomic E-state index is 5.60. The SMILES string of the molecule is CC(CN)Nc1ccccc1-n1cccn1. The number of aromatic nitrogens is 2. The monoisotopic (exact) mass is 216 g/mol. The molecule has 3 N–H and O–H groups in total. The Hall–Kier alpha value is -1.81. The first-order valence-corrected chi connectivity index (χ1v) is 5.37. The highest BCUT2D eigenvalue weighted by molar-refractivity contribution is 5.60. The van der Waals surface area contributed by atoms with Gasteiger partial charge >= 0.3 is 0 Å². The van der Waals surface area contributed by atoms with Crippen LogP contribution in [0.3, 0.4) is 0 Å². The standard InChI is InChI=1S/C12H16N4/c1-10(9-13)15-11-5-2-3-6-12(11)16-8-4-7-14-16/h2-8,10,15H,9,13H2,1H3. The van der Waals surface area contributed by atoms with Crippen molar-refractivity contribution in [3.8, 4) is 5.69 Å². The van der Waals surface area contributed by atoms with Gasteiger partial charge < -0.3 is 11.1 Å². The molecule has 0 bridgehead atoms. The smallest absolute Gasteiger partial charge is 0.0876 e. The van der Waals surface area contributed by atoms with Crippen LogP contribution in [0.15, 0.2) is 42.7 Å². The summed E-state index contributed by atoms with van der Waals surface area (Å²) in [4.78, 5) is 0. The first kappa shape index (κ1) is 10.7. The third kappa shape index (κ3) is 2.23. The van der Waals surface area contributed by atoms with E-state index in [1.165, 1.54) is 0 Å². The molecule has 4 heteroatoms. The lowest BCUT2D eigenvalue weighted by molar-refractivity contribution is 0.797. The van der Waals surface area contributed by atoms with Gasteiger partial charge in [-0.15, -0.1) is 0 Å². The van der Waals surface area contributed by atoms with Gasteiger partial charge in [0.25, 0.3) is 0 Å². The second-order valence-electron chi connectivity index (χ2n) is 3.75. The zero-order valence-electron chi connectivity index (χ0n) is 9.30. The highest BCUT2D eigenvalue weighted by atomic mass is 15.3.